The number of hydrogen-bond acceptors (Lipinski definition) is 3. The number of carbonyl (C=O) groups excluding carboxylic acids is 1. The fraction of sp³-hybridized carbons (Fsp3) is 0.100. The van der Waals surface area contributed by atoms with Crippen LogP contribution in [0.2, 0.25) is 0 Å². The van der Waals surface area contributed by atoms with Gasteiger partial charge in [-0.25, -0.2) is 4.79 Å². The Morgan fingerprint density at radius 2 is 2.00 bits per heavy atom. The number of ether oxygens (including phenoxy) is 1. The van der Waals surface area contributed by atoms with Crippen molar-refractivity contribution in [2.24, 2.45) is 0 Å². The average molecular weight is 178 g/mol. The first kappa shape index (κ1) is 9.32. The van der Waals surface area contributed by atoms with Crippen molar-refractivity contribution >= 4 is 12.0 Å². The minimum atomic E-state index is -0.362. The maximum atomic E-state index is 11.0. The number of methoxy groups -OCH3 is 1. The highest BCUT2D eigenvalue weighted by atomic mass is 16.5. The van der Waals surface area contributed by atoms with Crippen LogP contribution in [0.4, 0.5) is 0 Å². The highest BCUT2D eigenvalue weighted by Crippen LogP contribution is 2.06. The van der Waals surface area contributed by atoms with E-state index in [2.05, 4.69) is 4.74 Å². The molecule has 0 saturated carbocycles. The topological polar surface area (TPSA) is 46.5 Å². The first-order valence-corrected chi connectivity index (χ1v) is 3.77. The van der Waals surface area contributed by atoms with Crippen LogP contribution >= 0.6 is 0 Å². The van der Waals surface area contributed by atoms with Crippen LogP contribution in [0.25, 0.3) is 6.08 Å². The summed E-state index contributed by atoms with van der Waals surface area (Å²) in [5.41, 5.74) is 1.33. The van der Waals surface area contributed by atoms with Crippen LogP contribution in [0.3, 0.4) is 0 Å². The van der Waals surface area contributed by atoms with E-state index >= 15 is 0 Å². The van der Waals surface area contributed by atoms with Crippen LogP contribution < -0.4 is 0 Å². The number of esters is 1. The molecule has 0 bridgehead atoms. The third-order valence-corrected chi connectivity index (χ3v) is 1.60. The molecule has 0 heterocycles. The van der Waals surface area contributed by atoms with E-state index < -0.39 is 0 Å². The summed E-state index contributed by atoms with van der Waals surface area (Å²) in [6, 6.07) is 6.72. The number of aliphatic hydroxyl groups excluding tert-OH is 1. The Balaban J connectivity index is 2.87. The fourth-order valence-electron chi connectivity index (χ4n) is 0.934. The maximum absolute atomic E-state index is 11.0. The van der Waals surface area contributed by atoms with E-state index in [0.29, 0.717) is 5.56 Å². The minimum Gasteiger partial charge on any atom is -0.516 e. The van der Waals surface area contributed by atoms with E-state index in [4.69, 9.17) is 5.11 Å². The Bertz CT molecular complexity index is 311. The van der Waals surface area contributed by atoms with Gasteiger partial charge in [0.15, 0.2) is 0 Å². The van der Waals surface area contributed by atoms with Crippen LogP contribution in [0.15, 0.2) is 30.5 Å². The number of benzene rings is 1. The molecule has 1 aromatic rings. The molecule has 0 atom stereocenters. The van der Waals surface area contributed by atoms with Crippen LogP contribution in [-0.4, -0.2) is 18.2 Å². The van der Waals surface area contributed by atoms with Crippen molar-refractivity contribution in [3.8, 4) is 0 Å². The summed E-state index contributed by atoms with van der Waals surface area (Å²) < 4.78 is 4.53. The van der Waals surface area contributed by atoms with Crippen LogP contribution in [0.5, 0.6) is 0 Å². The van der Waals surface area contributed by atoms with Gasteiger partial charge in [0, 0.05) is 0 Å². The van der Waals surface area contributed by atoms with Crippen molar-refractivity contribution in [3.63, 3.8) is 0 Å². The summed E-state index contributed by atoms with van der Waals surface area (Å²) in [5.74, 6) is -0.362. The Labute approximate surface area is 76.3 Å². The third-order valence-electron chi connectivity index (χ3n) is 1.60. The summed E-state index contributed by atoms with van der Waals surface area (Å²) in [6.45, 7) is 0. The molecule has 0 spiro atoms. The van der Waals surface area contributed by atoms with Crippen molar-refractivity contribution in [2.45, 2.75) is 0 Å². The molecule has 0 aliphatic rings. The first-order chi connectivity index (χ1) is 6.27. The highest BCUT2D eigenvalue weighted by molar-refractivity contribution is 5.89. The predicted molar refractivity (Wildman–Crippen MR) is 49.4 cm³/mol. The molecular formula is C10H10O3. The van der Waals surface area contributed by atoms with Crippen molar-refractivity contribution in [2.75, 3.05) is 7.11 Å². The van der Waals surface area contributed by atoms with E-state index in [1.165, 1.54) is 13.2 Å². The Morgan fingerprint density at radius 3 is 2.46 bits per heavy atom. The zero-order chi connectivity index (χ0) is 9.68. The van der Waals surface area contributed by atoms with Crippen LogP contribution in [-0.2, 0) is 4.74 Å². The van der Waals surface area contributed by atoms with Gasteiger partial charge in [0.25, 0.3) is 0 Å². The summed E-state index contributed by atoms with van der Waals surface area (Å²) >= 11 is 0. The monoisotopic (exact) mass is 178 g/mol. The molecule has 1 N–H and O–H groups in total. The third kappa shape index (κ3) is 2.33. The van der Waals surface area contributed by atoms with Gasteiger partial charge in [0.2, 0.25) is 0 Å². The van der Waals surface area contributed by atoms with Gasteiger partial charge in [0.1, 0.15) is 0 Å². The van der Waals surface area contributed by atoms with E-state index in [1.807, 2.05) is 0 Å². The van der Waals surface area contributed by atoms with Gasteiger partial charge in [-0.1, -0.05) is 12.1 Å². The lowest BCUT2D eigenvalue weighted by molar-refractivity contribution is 0.0601. The zero-order valence-electron chi connectivity index (χ0n) is 7.23. The average Bonchev–Trinajstić information content (AvgIpc) is 2.18. The van der Waals surface area contributed by atoms with Crippen molar-refractivity contribution in [1.82, 2.24) is 0 Å². The minimum absolute atomic E-state index is 0.362. The van der Waals surface area contributed by atoms with Crippen LogP contribution in [0.1, 0.15) is 15.9 Å². The largest absolute Gasteiger partial charge is 0.516 e. The zero-order valence-corrected chi connectivity index (χ0v) is 7.23. The van der Waals surface area contributed by atoms with Gasteiger partial charge < -0.3 is 9.84 Å². The summed E-state index contributed by atoms with van der Waals surface area (Å²) in [4.78, 5) is 11.0. The summed E-state index contributed by atoms with van der Waals surface area (Å²) in [7, 11) is 1.34. The van der Waals surface area contributed by atoms with E-state index in [1.54, 1.807) is 24.3 Å². The lowest BCUT2D eigenvalue weighted by Crippen LogP contribution is -2.00. The molecule has 0 unspecified atom stereocenters. The normalized spacial score (nSPS) is 10.2. The van der Waals surface area contributed by atoms with Gasteiger partial charge in [-0.15, -0.1) is 0 Å². The van der Waals surface area contributed by atoms with Crippen LogP contribution in [0, 0.1) is 0 Å². The molecule has 0 radical (unpaired) electrons. The van der Waals surface area contributed by atoms with Gasteiger partial charge in [-0.2, -0.15) is 0 Å². The van der Waals surface area contributed by atoms with Gasteiger partial charge in [-0.3, -0.25) is 0 Å². The smallest absolute Gasteiger partial charge is 0.337 e. The van der Waals surface area contributed by atoms with Gasteiger partial charge in [-0.05, 0) is 23.8 Å². The molecule has 1 rings (SSSR count). The van der Waals surface area contributed by atoms with Gasteiger partial charge in [0.05, 0.1) is 18.9 Å². The quantitative estimate of drug-likeness (QED) is 0.556. The molecule has 0 fully saturated rings. The molecule has 0 aromatic heterocycles. The number of aliphatic hydroxyl groups is 1. The second-order valence-electron chi connectivity index (χ2n) is 2.43. The maximum Gasteiger partial charge on any atom is 0.337 e. The van der Waals surface area contributed by atoms with E-state index in [-0.39, 0.29) is 5.97 Å². The molecular weight excluding hydrogens is 168 g/mol. The molecule has 3 nitrogen and oxygen atoms in total. The Hall–Kier alpha value is -1.77. The van der Waals surface area contributed by atoms with Gasteiger partial charge >= 0.3 is 5.97 Å². The number of carbonyl (C=O) groups is 1. The molecule has 0 aliphatic carbocycles. The lowest BCUT2D eigenvalue weighted by Gasteiger charge is -1.98. The van der Waals surface area contributed by atoms with Crippen molar-refractivity contribution in [1.29, 1.82) is 0 Å². The molecule has 13 heavy (non-hydrogen) atoms. The molecule has 3 heteroatoms. The molecule has 0 aliphatic heterocycles. The number of hydrogen-bond donors (Lipinski definition) is 1. The standard InChI is InChI=1S/C10H10O3/c1-13-10(12)9-4-2-8(3-5-9)6-7-11/h2-7,11H,1H3. The summed E-state index contributed by atoms with van der Waals surface area (Å²) in [5, 5.41) is 8.47. The van der Waals surface area contributed by atoms with E-state index in [9.17, 15) is 4.79 Å². The second kappa shape index (κ2) is 4.30. The SMILES string of the molecule is COC(=O)c1ccc(C=CO)cc1. The summed E-state index contributed by atoms with van der Waals surface area (Å²) in [6.07, 6.45) is 2.48. The molecule has 68 valence electrons. The lowest BCUT2D eigenvalue weighted by atomic mass is 10.1. The highest BCUT2D eigenvalue weighted by Gasteiger charge is 2.02. The van der Waals surface area contributed by atoms with E-state index in [0.717, 1.165) is 11.8 Å². The fourth-order valence-corrected chi connectivity index (χ4v) is 0.934. The number of rotatable bonds is 2. The molecule has 0 saturated heterocycles. The molecule has 1 aromatic carbocycles. The Morgan fingerprint density at radius 1 is 1.38 bits per heavy atom. The van der Waals surface area contributed by atoms with Crippen molar-refractivity contribution in [3.05, 3.63) is 41.7 Å². The predicted octanol–water partition coefficient (Wildman–Crippen LogP) is 2.00. The Kier molecular flexibility index (Phi) is 3.09. The molecule has 0 amide bonds. The second-order valence-corrected chi connectivity index (χ2v) is 2.43. The first-order valence-electron chi connectivity index (χ1n) is 3.77. The van der Waals surface area contributed by atoms with Crippen molar-refractivity contribution < 1.29 is 14.6 Å².